The van der Waals surface area contributed by atoms with Gasteiger partial charge in [-0.1, -0.05) is 150 Å². The van der Waals surface area contributed by atoms with Gasteiger partial charge in [-0.25, -0.2) is 0 Å². The lowest BCUT2D eigenvalue weighted by molar-refractivity contribution is -0.0962. The van der Waals surface area contributed by atoms with Gasteiger partial charge in [0, 0.05) is 0 Å². The molecule has 0 amide bonds. The maximum atomic E-state index is 10.8. The summed E-state index contributed by atoms with van der Waals surface area (Å²) in [5, 5.41) is 21.6. The van der Waals surface area contributed by atoms with Crippen LogP contribution in [0.4, 0.5) is 0 Å². The summed E-state index contributed by atoms with van der Waals surface area (Å²) in [7, 11) is 0. The predicted octanol–water partition coefficient (Wildman–Crippen LogP) is 17.0. The molecule has 0 radical (unpaired) electrons. The fourth-order valence-corrected chi connectivity index (χ4v) is 19.1. The van der Waals surface area contributed by atoms with Gasteiger partial charge in [-0.05, 0) is 214 Å². The van der Waals surface area contributed by atoms with E-state index in [2.05, 4.69) is 117 Å². The van der Waals surface area contributed by atoms with Gasteiger partial charge >= 0.3 is 0 Å². The molecule has 62 heavy (non-hydrogen) atoms. The van der Waals surface area contributed by atoms with Crippen molar-refractivity contribution in [3.63, 3.8) is 0 Å². The van der Waals surface area contributed by atoms with Crippen LogP contribution in [-0.2, 0) is 0 Å². The summed E-state index contributed by atoms with van der Waals surface area (Å²) >= 11 is 0. The maximum absolute atomic E-state index is 10.8. The highest BCUT2D eigenvalue weighted by Crippen LogP contribution is 2.74. The molecule has 0 spiro atoms. The van der Waals surface area contributed by atoms with Crippen LogP contribution in [-0.4, -0.2) is 22.4 Å². The Kier molecular flexibility index (Phi) is 13.5. The average molecular weight is 855 g/mol. The fourth-order valence-electron chi connectivity index (χ4n) is 19.1. The van der Waals surface area contributed by atoms with Gasteiger partial charge in [0.05, 0.1) is 12.2 Å². The highest BCUT2D eigenvalue weighted by molar-refractivity contribution is 5.40. The van der Waals surface area contributed by atoms with E-state index in [1.807, 2.05) is 22.3 Å². The minimum atomic E-state index is -0.130. The van der Waals surface area contributed by atoms with Crippen molar-refractivity contribution in [3.8, 4) is 0 Å². The van der Waals surface area contributed by atoms with Crippen molar-refractivity contribution in [1.29, 1.82) is 0 Å². The molecule has 8 aliphatic rings. The van der Waals surface area contributed by atoms with Crippen LogP contribution in [0.5, 0.6) is 0 Å². The van der Waals surface area contributed by atoms with Crippen LogP contribution in [0.2, 0.25) is 0 Å². The van der Waals surface area contributed by atoms with E-state index in [-0.39, 0.29) is 23.0 Å². The van der Waals surface area contributed by atoms with E-state index in [1.165, 1.54) is 128 Å². The molecule has 0 aromatic rings. The third kappa shape index (κ3) is 7.51. The SMILES string of the molecule is CC(C)=CCC[C@@H](C)[C@H]1CC[C@@]2(C)C3=C(CC[C@]12C)[C@@]1(C)CC[C@H](O)C(C)(C)[C@@H]1CC3.CC(C)CCC[C@@H](C)[C@H]1CC[C@@]2(C)C3=C(CC[C@]12C)[C@@]1(C)CC[C@H](O)C(C)(C)[C@@H]1CC3. The molecule has 14 atom stereocenters. The van der Waals surface area contributed by atoms with E-state index < -0.39 is 0 Å². The topological polar surface area (TPSA) is 40.5 Å². The molecule has 0 saturated heterocycles. The maximum Gasteiger partial charge on any atom is 0.0594 e. The van der Waals surface area contributed by atoms with Crippen LogP contribution in [0.1, 0.15) is 246 Å². The molecule has 0 aliphatic heterocycles. The molecule has 354 valence electrons. The molecule has 2 heteroatoms. The van der Waals surface area contributed by atoms with E-state index in [0.717, 1.165) is 42.4 Å². The van der Waals surface area contributed by atoms with Gasteiger partial charge in [0.1, 0.15) is 0 Å². The summed E-state index contributed by atoms with van der Waals surface area (Å²) in [6, 6.07) is 0. The number of fused-ring (bicyclic) bond motifs is 8. The van der Waals surface area contributed by atoms with Crippen molar-refractivity contribution >= 4 is 0 Å². The van der Waals surface area contributed by atoms with Gasteiger partial charge in [-0.3, -0.25) is 0 Å². The Bertz CT molecular complexity index is 1740. The van der Waals surface area contributed by atoms with Crippen LogP contribution >= 0.6 is 0 Å². The number of aliphatic hydroxyl groups excluding tert-OH is 2. The third-order valence-corrected chi connectivity index (χ3v) is 23.6. The van der Waals surface area contributed by atoms with Crippen molar-refractivity contribution in [3.05, 3.63) is 33.9 Å². The van der Waals surface area contributed by atoms with Crippen LogP contribution < -0.4 is 0 Å². The van der Waals surface area contributed by atoms with Crippen LogP contribution in [0.25, 0.3) is 0 Å². The molecule has 0 aromatic heterocycles. The van der Waals surface area contributed by atoms with E-state index in [1.54, 1.807) is 0 Å². The molecule has 0 aromatic carbocycles. The molecular weight excluding hydrogens is 753 g/mol. The van der Waals surface area contributed by atoms with E-state index in [4.69, 9.17) is 0 Å². The highest BCUT2D eigenvalue weighted by atomic mass is 16.3. The second-order valence-corrected chi connectivity index (χ2v) is 27.6. The Labute approximate surface area is 385 Å². The first-order valence-corrected chi connectivity index (χ1v) is 27.2. The van der Waals surface area contributed by atoms with Crippen molar-refractivity contribution in [2.24, 2.45) is 84.7 Å². The summed E-state index contributed by atoms with van der Waals surface area (Å²) in [6.45, 7) is 39.6. The van der Waals surface area contributed by atoms with E-state index >= 15 is 0 Å². The van der Waals surface area contributed by atoms with Crippen molar-refractivity contribution in [1.82, 2.24) is 0 Å². The zero-order chi connectivity index (χ0) is 45.6. The molecule has 0 bridgehead atoms. The standard InChI is InChI=1S/C30H52O.C30H50O/c2*1-20(2)10-9-11-21(3)22-14-18-30(8)24-12-13-25-27(4,5)26(31)16-17-28(25,6)23(24)15-19-29(22,30)7/h20-22,25-26,31H,9-19H2,1-8H3;10,21-22,25-26,31H,9,11-19H2,1-8H3/t2*21-,22-,25+,26+,28-,29-,30+/m11/s1. The smallest absolute Gasteiger partial charge is 0.0594 e. The number of aliphatic hydroxyl groups is 2. The predicted molar refractivity (Wildman–Crippen MR) is 266 cm³/mol. The Morgan fingerprint density at radius 1 is 0.516 bits per heavy atom. The minimum Gasteiger partial charge on any atom is -0.393 e. The van der Waals surface area contributed by atoms with Crippen molar-refractivity contribution in [2.75, 3.05) is 0 Å². The number of allylic oxidation sites excluding steroid dienone is 6. The summed E-state index contributed by atoms with van der Waals surface area (Å²) < 4.78 is 0. The van der Waals surface area contributed by atoms with Gasteiger partial charge in [0.15, 0.2) is 0 Å². The first kappa shape index (κ1) is 49.1. The quantitative estimate of drug-likeness (QED) is 0.227. The lowest BCUT2D eigenvalue weighted by Gasteiger charge is -2.62. The minimum absolute atomic E-state index is 0.0465. The Balaban J connectivity index is 0.000000186. The van der Waals surface area contributed by atoms with Gasteiger partial charge in [0.2, 0.25) is 0 Å². The summed E-state index contributed by atoms with van der Waals surface area (Å²) in [6.07, 6.45) is 29.6. The van der Waals surface area contributed by atoms with Gasteiger partial charge in [0.25, 0.3) is 0 Å². The average Bonchev–Trinajstić information content (AvgIpc) is 3.64. The molecule has 4 fully saturated rings. The summed E-state index contributed by atoms with van der Waals surface area (Å²) in [5.41, 5.74) is 11.4. The zero-order valence-electron chi connectivity index (χ0n) is 44.0. The largest absolute Gasteiger partial charge is 0.393 e. The number of hydrogen-bond acceptors (Lipinski definition) is 2. The molecular formula is C60H102O2. The molecule has 0 heterocycles. The first-order chi connectivity index (χ1) is 28.8. The number of hydrogen-bond donors (Lipinski definition) is 2. The first-order valence-electron chi connectivity index (χ1n) is 27.2. The van der Waals surface area contributed by atoms with Crippen LogP contribution in [0, 0.1) is 84.7 Å². The molecule has 8 rings (SSSR count). The molecule has 0 unspecified atom stereocenters. The van der Waals surface area contributed by atoms with Crippen molar-refractivity contribution < 1.29 is 10.2 Å². The van der Waals surface area contributed by atoms with Crippen molar-refractivity contribution in [2.45, 2.75) is 258 Å². The zero-order valence-corrected chi connectivity index (χ0v) is 44.0. The second kappa shape index (κ2) is 17.0. The van der Waals surface area contributed by atoms with Gasteiger partial charge < -0.3 is 10.2 Å². The van der Waals surface area contributed by atoms with Crippen LogP contribution in [0.3, 0.4) is 0 Å². The van der Waals surface area contributed by atoms with Gasteiger partial charge in [-0.2, -0.15) is 0 Å². The number of rotatable bonds is 9. The Morgan fingerprint density at radius 3 is 1.34 bits per heavy atom. The van der Waals surface area contributed by atoms with Gasteiger partial charge in [-0.15, -0.1) is 0 Å². The van der Waals surface area contributed by atoms with E-state index in [0.29, 0.717) is 44.3 Å². The molecule has 2 nitrogen and oxygen atoms in total. The normalized spacial score (nSPS) is 45.1. The third-order valence-electron chi connectivity index (χ3n) is 23.6. The molecule has 8 aliphatic carbocycles. The molecule has 4 saturated carbocycles. The monoisotopic (exact) mass is 855 g/mol. The highest BCUT2D eigenvalue weighted by Gasteiger charge is 2.65. The van der Waals surface area contributed by atoms with Crippen LogP contribution in [0.15, 0.2) is 33.9 Å². The lowest BCUT2D eigenvalue weighted by Crippen LogP contribution is -2.55. The molecule has 2 N–H and O–H groups in total. The fraction of sp³-hybridized carbons (Fsp3) is 0.900. The van der Waals surface area contributed by atoms with E-state index in [9.17, 15) is 10.2 Å². The summed E-state index contributed by atoms with van der Waals surface area (Å²) in [4.78, 5) is 0. The second-order valence-electron chi connectivity index (χ2n) is 27.6. The summed E-state index contributed by atoms with van der Waals surface area (Å²) in [5.74, 6) is 5.57. The lowest BCUT2D eigenvalue weighted by atomic mass is 9.43. The Morgan fingerprint density at radius 2 is 0.935 bits per heavy atom. The Hall–Kier alpha value is -0.860.